The van der Waals surface area contributed by atoms with Gasteiger partial charge in [0.15, 0.2) is 0 Å². The maximum absolute atomic E-state index is 12.6. The standard InChI is InChI=1S/C24H26N4O2S/c1-16(24-26-17(2)15-31-24)14-19-8-9-25-23(29)22(19)18(3)27-20-4-6-21(7-5-20)28-10-12-30-13-11-28/h4-9,14-15,27H,3,10-13H2,1-2H3,(H,25,29)/b16-14+. The molecule has 1 aromatic carbocycles. The van der Waals surface area contributed by atoms with Crippen LogP contribution in [0.1, 0.15) is 28.8 Å². The molecule has 3 heterocycles. The third-order valence-electron chi connectivity index (χ3n) is 5.16. The van der Waals surface area contributed by atoms with Gasteiger partial charge in [-0.25, -0.2) is 4.98 Å². The molecule has 1 saturated heterocycles. The molecule has 1 aliphatic rings. The number of morpholine rings is 1. The molecule has 0 unspecified atom stereocenters. The number of aryl methyl sites for hydroxylation is 1. The first kappa shape index (κ1) is 21.1. The van der Waals surface area contributed by atoms with Crippen molar-refractivity contribution in [2.75, 3.05) is 36.5 Å². The number of pyridine rings is 1. The van der Waals surface area contributed by atoms with Gasteiger partial charge in [0.05, 0.1) is 18.8 Å². The van der Waals surface area contributed by atoms with Gasteiger partial charge in [-0.3, -0.25) is 4.79 Å². The molecule has 0 aliphatic carbocycles. The summed E-state index contributed by atoms with van der Waals surface area (Å²) in [7, 11) is 0. The molecule has 31 heavy (non-hydrogen) atoms. The first-order chi connectivity index (χ1) is 15.0. The molecule has 0 bridgehead atoms. The molecule has 7 heteroatoms. The predicted octanol–water partition coefficient (Wildman–Crippen LogP) is 4.62. The van der Waals surface area contributed by atoms with Crippen molar-refractivity contribution in [2.24, 2.45) is 0 Å². The third kappa shape index (κ3) is 4.95. The molecule has 0 atom stereocenters. The smallest absolute Gasteiger partial charge is 0.257 e. The van der Waals surface area contributed by atoms with Crippen LogP contribution in [0.15, 0.2) is 53.3 Å². The summed E-state index contributed by atoms with van der Waals surface area (Å²) < 4.78 is 5.42. The Kier molecular flexibility index (Phi) is 6.34. The summed E-state index contributed by atoms with van der Waals surface area (Å²) in [6.07, 6.45) is 3.64. The molecule has 0 radical (unpaired) electrons. The average Bonchev–Trinajstić information content (AvgIpc) is 3.21. The number of ether oxygens (including phenoxy) is 1. The number of hydrogen-bond donors (Lipinski definition) is 2. The molecule has 6 nitrogen and oxygen atoms in total. The predicted molar refractivity (Wildman–Crippen MR) is 130 cm³/mol. The highest BCUT2D eigenvalue weighted by molar-refractivity contribution is 7.10. The molecule has 0 amide bonds. The van der Waals surface area contributed by atoms with E-state index >= 15 is 0 Å². The Morgan fingerprint density at radius 1 is 1.26 bits per heavy atom. The third-order valence-corrected chi connectivity index (χ3v) is 6.26. The summed E-state index contributed by atoms with van der Waals surface area (Å²) >= 11 is 1.60. The Hall–Kier alpha value is -3.16. The number of anilines is 2. The number of nitrogens with zero attached hydrogens (tertiary/aromatic N) is 2. The number of benzene rings is 1. The van der Waals surface area contributed by atoms with Gasteiger partial charge in [0.2, 0.25) is 0 Å². The Bertz CT molecular complexity index is 1150. The number of H-pyrrole nitrogens is 1. The number of aromatic nitrogens is 2. The van der Waals surface area contributed by atoms with E-state index in [-0.39, 0.29) is 5.56 Å². The van der Waals surface area contributed by atoms with Crippen LogP contribution in [0.25, 0.3) is 17.3 Å². The van der Waals surface area contributed by atoms with Gasteiger partial charge in [-0.15, -0.1) is 11.3 Å². The second kappa shape index (κ2) is 9.32. The molecular formula is C24H26N4O2S. The van der Waals surface area contributed by atoms with Crippen molar-refractivity contribution < 1.29 is 4.74 Å². The summed E-state index contributed by atoms with van der Waals surface area (Å²) in [4.78, 5) is 22.2. The fourth-order valence-corrected chi connectivity index (χ4v) is 4.35. The second-order valence-electron chi connectivity index (χ2n) is 7.51. The summed E-state index contributed by atoms with van der Waals surface area (Å²) in [5.74, 6) is 0. The van der Waals surface area contributed by atoms with E-state index in [2.05, 4.69) is 38.9 Å². The van der Waals surface area contributed by atoms with E-state index in [1.807, 2.05) is 43.5 Å². The van der Waals surface area contributed by atoms with Gasteiger partial charge in [0, 0.05) is 47.4 Å². The van der Waals surface area contributed by atoms with E-state index in [0.717, 1.165) is 59.5 Å². The average molecular weight is 435 g/mol. The maximum Gasteiger partial charge on any atom is 0.257 e. The van der Waals surface area contributed by atoms with Gasteiger partial charge in [-0.05, 0) is 61.4 Å². The van der Waals surface area contributed by atoms with Crippen molar-refractivity contribution in [2.45, 2.75) is 13.8 Å². The Balaban J connectivity index is 1.55. The number of aromatic amines is 1. The summed E-state index contributed by atoms with van der Waals surface area (Å²) in [6, 6.07) is 10.0. The lowest BCUT2D eigenvalue weighted by Crippen LogP contribution is -2.36. The normalized spacial score (nSPS) is 14.5. The Labute approximate surface area is 185 Å². The fraction of sp³-hybridized carbons (Fsp3) is 0.250. The molecule has 2 aromatic heterocycles. The quantitative estimate of drug-likeness (QED) is 0.592. The zero-order valence-corrected chi connectivity index (χ0v) is 18.6. The molecule has 1 fully saturated rings. The molecule has 3 aromatic rings. The van der Waals surface area contributed by atoms with Crippen molar-refractivity contribution in [3.8, 4) is 0 Å². The largest absolute Gasteiger partial charge is 0.378 e. The molecule has 2 N–H and O–H groups in total. The molecule has 160 valence electrons. The van der Waals surface area contributed by atoms with Gasteiger partial charge < -0.3 is 19.9 Å². The molecule has 4 rings (SSSR count). The maximum atomic E-state index is 12.6. The van der Waals surface area contributed by atoms with E-state index in [9.17, 15) is 4.79 Å². The van der Waals surface area contributed by atoms with Crippen LogP contribution in [-0.4, -0.2) is 36.3 Å². The zero-order valence-electron chi connectivity index (χ0n) is 17.8. The van der Waals surface area contributed by atoms with Crippen LogP contribution in [-0.2, 0) is 4.74 Å². The lowest BCUT2D eigenvalue weighted by atomic mass is 10.0. The van der Waals surface area contributed by atoms with E-state index in [1.54, 1.807) is 17.5 Å². The van der Waals surface area contributed by atoms with Crippen molar-refractivity contribution in [1.29, 1.82) is 0 Å². The fourth-order valence-electron chi connectivity index (χ4n) is 3.57. The van der Waals surface area contributed by atoms with Gasteiger partial charge in [0.25, 0.3) is 5.56 Å². The Morgan fingerprint density at radius 3 is 2.68 bits per heavy atom. The first-order valence-electron chi connectivity index (χ1n) is 10.2. The first-order valence-corrected chi connectivity index (χ1v) is 11.1. The highest BCUT2D eigenvalue weighted by Gasteiger charge is 2.13. The highest BCUT2D eigenvalue weighted by Crippen LogP contribution is 2.25. The highest BCUT2D eigenvalue weighted by atomic mass is 32.1. The summed E-state index contributed by atoms with van der Waals surface area (Å²) in [5, 5.41) is 6.25. The number of rotatable bonds is 6. The van der Waals surface area contributed by atoms with Crippen LogP contribution in [0.2, 0.25) is 0 Å². The van der Waals surface area contributed by atoms with Gasteiger partial charge >= 0.3 is 0 Å². The number of nitrogens with one attached hydrogen (secondary N) is 2. The van der Waals surface area contributed by atoms with Crippen LogP contribution in [0.3, 0.4) is 0 Å². The van der Waals surface area contributed by atoms with Gasteiger partial charge in [-0.2, -0.15) is 0 Å². The van der Waals surface area contributed by atoms with E-state index < -0.39 is 0 Å². The minimum absolute atomic E-state index is 0.181. The zero-order chi connectivity index (χ0) is 21.8. The van der Waals surface area contributed by atoms with Crippen LogP contribution < -0.4 is 15.8 Å². The topological polar surface area (TPSA) is 70.2 Å². The van der Waals surface area contributed by atoms with Crippen molar-refractivity contribution >= 4 is 40.1 Å². The van der Waals surface area contributed by atoms with Crippen molar-refractivity contribution in [3.63, 3.8) is 0 Å². The number of allylic oxidation sites excluding steroid dienone is 1. The molecular weight excluding hydrogens is 408 g/mol. The molecule has 0 spiro atoms. The lowest BCUT2D eigenvalue weighted by Gasteiger charge is -2.29. The molecule has 0 saturated carbocycles. The minimum Gasteiger partial charge on any atom is -0.378 e. The monoisotopic (exact) mass is 434 g/mol. The van der Waals surface area contributed by atoms with Crippen LogP contribution in [0, 0.1) is 6.92 Å². The van der Waals surface area contributed by atoms with Crippen LogP contribution in [0.5, 0.6) is 0 Å². The van der Waals surface area contributed by atoms with E-state index in [1.165, 1.54) is 0 Å². The van der Waals surface area contributed by atoms with Gasteiger partial charge in [0.1, 0.15) is 5.01 Å². The van der Waals surface area contributed by atoms with Gasteiger partial charge in [-0.1, -0.05) is 6.58 Å². The Morgan fingerprint density at radius 2 is 2.00 bits per heavy atom. The second-order valence-corrected chi connectivity index (χ2v) is 8.37. The number of thiazole rings is 1. The van der Waals surface area contributed by atoms with Crippen molar-refractivity contribution in [1.82, 2.24) is 9.97 Å². The molecule has 1 aliphatic heterocycles. The van der Waals surface area contributed by atoms with Crippen LogP contribution >= 0.6 is 11.3 Å². The minimum atomic E-state index is -0.181. The summed E-state index contributed by atoms with van der Waals surface area (Å²) in [6.45, 7) is 11.4. The van der Waals surface area contributed by atoms with E-state index in [4.69, 9.17) is 4.74 Å². The summed E-state index contributed by atoms with van der Waals surface area (Å²) in [5.41, 5.74) is 5.74. The number of hydrogen-bond acceptors (Lipinski definition) is 6. The van der Waals surface area contributed by atoms with Crippen molar-refractivity contribution in [3.05, 3.63) is 80.7 Å². The van der Waals surface area contributed by atoms with E-state index in [0.29, 0.717) is 11.3 Å². The SMILES string of the molecule is C=C(Nc1ccc(N2CCOCC2)cc1)c1c(/C=C(\C)c2nc(C)cs2)cc[nH]c1=O. The lowest BCUT2D eigenvalue weighted by molar-refractivity contribution is 0.122. The van der Waals surface area contributed by atoms with Crippen LogP contribution in [0.4, 0.5) is 11.4 Å².